The number of carbonyl (C=O) groups is 3. The Hall–Kier alpha value is -3.38. The summed E-state index contributed by atoms with van der Waals surface area (Å²) in [6, 6.07) is 12.6. The fraction of sp³-hybridized carbons (Fsp3) is 0.321. The monoisotopic (exact) mass is 491 g/mol. The Kier molecular flexibility index (Phi) is 6.48. The summed E-state index contributed by atoms with van der Waals surface area (Å²) in [4.78, 5) is 38.1. The summed E-state index contributed by atoms with van der Waals surface area (Å²) in [5.41, 5.74) is 3.63. The summed E-state index contributed by atoms with van der Waals surface area (Å²) >= 11 is 6.11. The maximum atomic E-state index is 12.9. The minimum absolute atomic E-state index is 0.0504. The van der Waals surface area contributed by atoms with Crippen LogP contribution in [-0.4, -0.2) is 24.1 Å². The van der Waals surface area contributed by atoms with Gasteiger partial charge in [0, 0.05) is 53.5 Å². The number of amides is 1. The molecule has 6 nitrogen and oxygen atoms in total. The average molecular weight is 492 g/mol. The van der Waals surface area contributed by atoms with E-state index >= 15 is 0 Å². The Balaban J connectivity index is 1.32. The number of anilines is 1. The maximum Gasteiger partial charge on any atom is 0.262 e. The largest absolute Gasteiger partial charge is 0.484 e. The standard InChI is InChI=1S/C28H26ClNO5/c1-16-8-11-18(14-20(16)29)30-25(33)15-34-19-12-9-17(10-13-19)26-27-21(31)4-2-6-23(27)35-24-7-3-5-22(32)28(24)26/h8-14,26H,2-7,15H2,1H3,(H,30,33). The minimum Gasteiger partial charge on any atom is -0.484 e. The first-order chi connectivity index (χ1) is 16.9. The molecule has 0 unspecified atom stereocenters. The summed E-state index contributed by atoms with van der Waals surface area (Å²) < 4.78 is 11.7. The van der Waals surface area contributed by atoms with E-state index in [2.05, 4.69) is 5.32 Å². The van der Waals surface area contributed by atoms with E-state index in [0.717, 1.165) is 24.0 Å². The van der Waals surface area contributed by atoms with E-state index in [1.54, 1.807) is 24.3 Å². The highest BCUT2D eigenvalue weighted by Crippen LogP contribution is 2.47. The number of hydrogen-bond acceptors (Lipinski definition) is 5. The third kappa shape index (κ3) is 4.76. The highest BCUT2D eigenvalue weighted by Gasteiger charge is 2.41. The van der Waals surface area contributed by atoms with Crippen LogP contribution in [0.4, 0.5) is 5.69 Å². The number of Topliss-reactive ketones (excluding diaryl/α,β-unsaturated/α-hetero) is 2. The van der Waals surface area contributed by atoms with Crippen molar-refractivity contribution in [2.24, 2.45) is 0 Å². The molecule has 7 heteroatoms. The van der Waals surface area contributed by atoms with Crippen molar-refractivity contribution in [3.63, 3.8) is 0 Å². The van der Waals surface area contributed by atoms with Gasteiger partial charge in [-0.15, -0.1) is 0 Å². The van der Waals surface area contributed by atoms with E-state index in [-0.39, 0.29) is 24.1 Å². The molecule has 0 spiro atoms. The smallest absolute Gasteiger partial charge is 0.262 e. The molecule has 0 bridgehead atoms. The minimum atomic E-state index is -0.405. The van der Waals surface area contributed by atoms with Gasteiger partial charge in [-0.05, 0) is 55.2 Å². The van der Waals surface area contributed by atoms with Crippen molar-refractivity contribution < 1.29 is 23.9 Å². The molecule has 3 aliphatic rings. The molecule has 2 aliphatic carbocycles. The molecule has 0 radical (unpaired) electrons. The van der Waals surface area contributed by atoms with Gasteiger partial charge < -0.3 is 14.8 Å². The molecule has 1 amide bonds. The number of halogens is 1. The Bertz CT molecular complexity index is 1230. The van der Waals surface area contributed by atoms with E-state index in [9.17, 15) is 14.4 Å². The van der Waals surface area contributed by atoms with Gasteiger partial charge >= 0.3 is 0 Å². The molecule has 2 aromatic carbocycles. The fourth-order valence-electron chi connectivity index (χ4n) is 4.92. The topological polar surface area (TPSA) is 81.7 Å². The lowest BCUT2D eigenvalue weighted by atomic mass is 9.73. The van der Waals surface area contributed by atoms with Crippen molar-refractivity contribution in [3.05, 3.63) is 81.3 Å². The second kappa shape index (κ2) is 9.70. The van der Waals surface area contributed by atoms with Crippen LogP contribution >= 0.6 is 11.6 Å². The number of benzene rings is 2. The van der Waals surface area contributed by atoms with Crippen LogP contribution in [0.2, 0.25) is 5.02 Å². The quantitative estimate of drug-likeness (QED) is 0.572. The van der Waals surface area contributed by atoms with E-state index in [0.29, 0.717) is 64.8 Å². The summed E-state index contributed by atoms with van der Waals surface area (Å²) in [5.74, 6) is 1.34. The van der Waals surface area contributed by atoms with Gasteiger partial charge in [0.05, 0.1) is 0 Å². The zero-order valence-electron chi connectivity index (χ0n) is 19.5. The van der Waals surface area contributed by atoms with Gasteiger partial charge in [-0.25, -0.2) is 0 Å². The predicted octanol–water partition coefficient (Wildman–Crippen LogP) is 5.79. The van der Waals surface area contributed by atoms with E-state index in [1.165, 1.54) is 0 Å². The van der Waals surface area contributed by atoms with Gasteiger partial charge in [-0.2, -0.15) is 0 Å². The molecule has 1 N–H and O–H groups in total. The van der Waals surface area contributed by atoms with Gasteiger partial charge in [0.25, 0.3) is 5.91 Å². The molecule has 0 aromatic heterocycles. The zero-order chi connectivity index (χ0) is 24.5. The van der Waals surface area contributed by atoms with Crippen LogP contribution in [-0.2, 0) is 19.1 Å². The summed E-state index contributed by atoms with van der Waals surface area (Å²) in [5, 5.41) is 3.35. The van der Waals surface area contributed by atoms with Crippen molar-refractivity contribution in [2.45, 2.75) is 51.4 Å². The first-order valence-corrected chi connectivity index (χ1v) is 12.3. The van der Waals surface area contributed by atoms with E-state index in [1.807, 2.05) is 25.1 Å². The predicted molar refractivity (Wildman–Crippen MR) is 132 cm³/mol. The molecule has 0 fully saturated rings. The Labute approximate surface area is 208 Å². The first kappa shape index (κ1) is 23.4. The molecular formula is C28H26ClNO5. The lowest BCUT2D eigenvalue weighted by molar-refractivity contribution is -0.119. The van der Waals surface area contributed by atoms with Crippen LogP contribution in [0, 0.1) is 6.92 Å². The normalized spacial score (nSPS) is 18.1. The number of rotatable bonds is 5. The summed E-state index contributed by atoms with van der Waals surface area (Å²) in [6.07, 6.45) is 3.90. The first-order valence-electron chi connectivity index (χ1n) is 11.9. The van der Waals surface area contributed by atoms with Gasteiger partial charge in [-0.1, -0.05) is 29.8 Å². The van der Waals surface area contributed by atoms with Crippen molar-refractivity contribution >= 4 is 34.8 Å². The van der Waals surface area contributed by atoms with Gasteiger partial charge in [0.1, 0.15) is 17.3 Å². The van der Waals surface area contributed by atoms with Crippen LogP contribution in [0.15, 0.2) is 65.1 Å². The number of nitrogens with one attached hydrogen (secondary N) is 1. The Morgan fingerprint density at radius 1 is 0.971 bits per heavy atom. The van der Waals surface area contributed by atoms with Crippen LogP contribution in [0.1, 0.15) is 55.6 Å². The van der Waals surface area contributed by atoms with Crippen molar-refractivity contribution in [2.75, 3.05) is 11.9 Å². The third-order valence-corrected chi connectivity index (χ3v) is 7.09. The highest BCUT2D eigenvalue weighted by molar-refractivity contribution is 6.31. The molecule has 1 heterocycles. The number of ketones is 2. The lowest BCUT2D eigenvalue weighted by Gasteiger charge is -2.36. The van der Waals surface area contributed by atoms with Gasteiger partial charge in [0.2, 0.25) is 0 Å². The molecule has 1 aliphatic heterocycles. The average Bonchev–Trinajstić information content (AvgIpc) is 2.84. The van der Waals surface area contributed by atoms with Crippen LogP contribution in [0.3, 0.4) is 0 Å². The van der Waals surface area contributed by atoms with Gasteiger partial charge in [0.15, 0.2) is 18.2 Å². The summed E-state index contributed by atoms with van der Waals surface area (Å²) in [6.45, 7) is 1.73. The van der Waals surface area contributed by atoms with Crippen molar-refractivity contribution in [3.8, 4) is 5.75 Å². The summed E-state index contributed by atoms with van der Waals surface area (Å²) in [7, 11) is 0. The molecular weight excluding hydrogens is 466 g/mol. The number of ether oxygens (including phenoxy) is 2. The Morgan fingerprint density at radius 2 is 1.60 bits per heavy atom. The second-order valence-electron chi connectivity index (χ2n) is 9.13. The number of aryl methyl sites for hydroxylation is 1. The van der Waals surface area contributed by atoms with E-state index < -0.39 is 5.92 Å². The molecule has 0 saturated heterocycles. The lowest BCUT2D eigenvalue weighted by Crippen LogP contribution is -2.30. The zero-order valence-corrected chi connectivity index (χ0v) is 20.2. The van der Waals surface area contributed by atoms with E-state index in [4.69, 9.17) is 21.1 Å². The van der Waals surface area contributed by atoms with Crippen molar-refractivity contribution in [1.29, 1.82) is 0 Å². The van der Waals surface area contributed by atoms with Crippen molar-refractivity contribution in [1.82, 2.24) is 0 Å². The molecule has 0 saturated carbocycles. The van der Waals surface area contributed by atoms with Gasteiger partial charge in [-0.3, -0.25) is 14.4 Å². The highest BCUT2D eigenvalue weighted by atomic mass is 35.5. The number of carbonyl (C=O) groups excluding carboxylic acids is 3. The van der Waals surface area contributed by atoms with Crippen LogP contribution < -0.4 is 10.1 Å². The number of allylic oxidation sites excluding steroid dienone is 4. The van der Waals surface area contributed by atoms with Crippen LogP contribution in [0.25, 0.3) is 0 Å². The third-order valence-electron chi connectivity index (χ3n) is 6.68. The fourth-order valence-corrected chi connectivity index (χ4v) is 5.10. The molecule has 180 valence electrons. The molecule has 35 heavy (non-hydrogen) atoms. The maximum absolute atomic E-state index is 12.9. The SMILES string of the molecule is Cc1ccc(NC(=O)COc2ccc(C3C4=C(CCCC4=O)OC4=C3C(=O)CCC4)cc2)cc1Cl. The molecule has 0 atom stereocenters. The Morgan fingerprint density at radius 3 is 2.20 bits per heavy atom. The second-order valence-corrected chi connectivity index (χ2v) is 9.54. The molecule has 2 aromatic rings. The molecule has 5 rings (SSSR count). The van der Waals surface area contributed by atoms with Crippen LogP contribution in [0.5, 0.6) is 5.75 Å². The number of hydrogen-bond donors (Lipinski definition) is 1.